The Morgan fingerprint density at radius 2 is 1.93 bits per heavy atom. The van der Waals surface area contributed by atoms with Crippen molar-refractivity contribution >= 4 is 40.4 Å². The van der Waals surface area contributed by atoms with Crippen molar-refractivity contribution in [2.75, 3.05) is 19.7 Å². The molecule has 158 valence electrons. The molecule has 3 aliphatic rings. The van der Waals surface area contributed by atoms with Crippen molar-refractivity contribution in [3.63, 3.8) is 0 Å². The van der Waals surface area contributed by atoms with E-state index in [4.69, 9.17) is 16.3 Å². The van der Waals surface area contributed by atoms with Crippen LogP contribution in [-0.2, 0) is 14.3 Å². The fourth-order valence-corrected chi connectivity index (χ4v) is 5.12. The molecule has 1 atom stereocenters. The van der Waals surface area contributed by atoms with E-state index < -0.39 is 6.04 Å². The molecule has 0 bridgehead atoms. The maximum Gasteiger partial charge on any atom is 0.338 e. The molecule has 1 saturated heterocycles. The molecule has 8 heteroatoms. The Kier molecular flexibility index (Phi) is 6.20. The number of carbonyl (C=O) groups is 2. The monoisotopic (exact) mass is 445 g/mol. The molecule has 1 fully saturated rings. The second kappa shape index (κ2) is 8.86. The summed E-state index contributed by atoms with van der Waals surface area (Å²) in [5, 5.41) is 3.36. The first-order valence-electron chi connectivity index (χ1n) is 10.1. The number of ether oxygens (including phenoxy) is 1. The number of nitrogens with zero attached hydrogens (tertiary/aromatic N) is 3. The lowest BCUT2D eigenvalue weighted by Crippen LogP contribution is -2.38. The van der Waals surface area contributed by atoms with E-state index in [0.717, 1.165) is 42.4 Å². The normalized spacial score (nSPS) is 20.8. The number of hydrogen-bond donors (Lipinski definition) is 0. The van der Waals surface area contributed by atoms with E-state index in [1.807, 2.05) is 46.4 Å². The molecule has 1 unspecified atom stereocenters. The van der Waals surface area contributed by atoms with Crippen LogP contribution in [0.4, 0.5) is 0 Å². The number of carbonyl (C=O) groups excluding carboxylic acids is 2. The number of benzene rings is 1. The third-order valence-electron chi connectivity index (χ3n) is 5.47. The maximum atomic E-state index is 12.9. The summed E-state index contributed by atoms with van der Waals surface area (Å²) < 4.78 is 5.35. The van der Waals surface area contributed by atoms with Crippen LogP contribution in [0.15, 0.2) is 51.6 Å². The van der Waals surface area contributed by atoms with Gasteiger partial charge >= 0.3 is 5.97 Å². The van der Waals surface area contributed by atoms with E-state index in [1.54, 1.807) is 6.92 Å². The van der Waals surface area contributed by atoms with Gasteiger partial charge in [-0.2, -0.15) is 0 Å². The summed E-state index contributed by atoms with van der Waals surface area (Å²) in [7, 11) is 0. The van der Waals surface area contributed by atoms with Gasteiger partial charge in [-0.3, -0.25) is 4.79 Å². The van der Waals surface area contributed by atoms with Crippen molar-refractivity contribution in [2.45, 2.75) is 39.2 Å². The third kappa shape index (κ3) is 4.01. The molecule has 1 aromatic rings. The summed E-state index contributed by atoms with van der Waals surface area (Å²) in [5.41, 5.74) is 2.87. The van der Waals surface area contributed by atoms with E-state index in [1.165, 1.54) is 11.8 Å². The van der Waals surface area contributed by atoms with E-state index >= 15 is 0 Å². The summed E-state index contributed by atoms with van der Waals surface area (Å²) in [5.74, 6) is -0.278. The van der Waals surface area contributed by atoms with E-state index in [9.17, 15) is 9.59 Å². The van der Waals surface area contributed by atoms with Gasteiger partial charge in [-0.1, -0.05) is 35.5 Å². The SMILES string of the molecule is CCOC(=O)C1=C(C)N=C2SC=C(CC(=O)N3CCCC3)N2C1c1ccc(Cl)cc1. The van der Waals surface area contributed by atoms with Gasteiger partial charge in [0.1, 0.15) is 0 Å². The third-order valence-corrected chi connectivity index (χ3v) is 6.61. The number of thioether (sulfide) groups is 1. The predicted molar refractivity (Wildman–Crippen MR) is 119 cm³/mol. The summed E-state index contributed by atoms with van der Waals surface area (Å²) in [4.78, 5) is 34.3. The van der Waals surface area contributed by atoms with Crippen LogP contribution >= 0.6 is 23.4 Å². The molecule has 3 aliphatic heterocycles. The molecular formula is C22H24ClN3O3S. The molecular weight excluding hydrogens is 422 g/mol. The van der Waals surface area contributed by atoms with Gasteiger partial charge in [0.15, 0.2) is 5.17 Å². The lowest BCUT2D eigenvalue weighted by Gasteiger charge is -2.36. The second-order valence-corrected chi connectivity index (χ2v) is 8.70. The highest BCUT2D eigenvalue weighted by molar-refractivity contribution is 8.16. The first-order chi connectivity index (χ1) is 14.5. The minimum absolute atomic E-state index is 0.111. The maximum absolute atomic E-state index is 12.9. The predicted octanol–water partition coefficient (Wildman–Crippen LogP) is 4.49. The average Bonchev–Trinajstić information content (AvgIpc) is 3.38. The Hall–Kier alpha value is -2.25. The van der Waals surface area contributed by atoms with Gasteiger partial charge < -0.3 is 14.5 Å². The highest BCUT2D eigenvalue weighted by Crippen LogP contribution is 2.45. The Morgan fingerprint density at radius 3 is 2.60 bits per heavy atom. The van der Waals surface area contributed by atoms with E-state index in [-0.39, 0.29) is 24.9 Å². The summed E-state index contributed by atoms with van der Waals surface area (Å²) in [6, 6.07) is 7.02. The zero-order valence-corrected chi connectivity index (χ0v) is 18.6. The smallest absolute Gasteiger partial charge is 0.338 e. The summed E-state index contributed by atoms with van der Waals surface area (Å²) in [6.45, 7) is 5.52. The van der Waals surface area contributed by atoms with Crippen molar-refractivity contribution in [3.8, 4) is 0 Å². The number of amidine groups is 1. The van der Waals surface area contributed by atoms with E-state index in [0.29, 0.717) is 16.3 Å². The van der Waals surface area contributed by atoms with Gasteiger partial charge in [0.2, 0.25) is 5.91 Å². The van der Waals surface area contributed by atoms with Gasteiger partial charge in [-0.15, -0.1) is 0 Å². The molecule has 1 aromatic carbocycles. The lowest BCUT2D eigenvalue weighted by atomic mass is 9.94. The number of rotatable bonds is 5. The Bertz CT molecular complexity index is 949. The first-order valence-corrected chi connectivity index (χ1v) is 11.4. The van der Waals surface area contributed by atoms with Crippen molar-refractivity contribution in [3.05, 3.63) is 57.2 Å². The molecule has 0 aromatic heterocycles. The molecule has 6 nitrogen and oxygen atoms in total. The minimum Gasteiger partial charge on any atom is -0.463 e. The van der Waals surface area contributed by atoms with Gasteiger partial charge in [-0.05, 0) is 49.8 Å². The molecule has 0 N–H and O–H groups in total. The Labute approximate surface area is 185 Å². The van der Waals surface area contributed by atoms with Crippen LogP contribution in [-0.4, -0.2) is 46.5 Å². The standard InChI is InChI=1S/C22H24ClN3O3S/c1-3-29-21(28)19-14(2)24-22-26(20(19)15-6-8-16(23)9-7-15)17(13-30-22)12-18(27)25-10-4-5-11-25/h6-9,13,20H,3-5,10-12H2,1-2H3. The summed E-state index contributed by atoms with van der Waals surface area (Å²) >= 11 is 7.58. The zero-order chi connectivity index (χ0) is 21.3. The lowest BCUT2D eigenvalue weighted by molar-refractivity contribution is -0.139. The number of allylic oxidation sites excluding steroid dienone is 1. The number of fused-ring (bicyclic) bond motifs is 1. The van der Waals surface area contributed by atoms with Crippen LogP contribution in [0, 0.1) is 0 Å². The number of halogens is 1. The largest absolute Gasteiger partial charge is 0.463 e. The molecule has 30 heavy (non-hydrogen) atoms. The number of aliphatic imine (C=N–C) groups is 1. The summed E-state index contributed by atoms with van der Waals surface area (Å²) in [6.07, 6.45) is 2.39. The van der Waals surface area contributed by atoms with Crippen molar-refractivity contribution in [2.24, 2.45) is 4.99 Å². The molecule has 0 aliphatic carbocycles. The van der Waals surface area contributed by atoms with Gasteiger partial charge in [0.05, 0.1) is 30.3 Å². The highest BCUT2D eigenvalue weighted by Gasteiger charge is 2.41. The van der Waals surface area contributed by atoms with E-state index in [2.05, 4.69) is 4.99 Å². The second-order valence-electron chi connectivity index (χ2n) is 7.43. The number of esters is 1. The highest BCUT2D eigenvalue weighted by atomic mass is 35.5. The van der Waals surface area contributed by atoms with Crippen molar-refractivity contribution in [1.29, 1.82) is 0 Å². The van der Waals surface area contributed by atoms with Gasteiger partial charge in [0.25, 0.3) is 0 Å². The fourth-order valence-electron chi connectivity index (χ4n) is 4.03. The topological polar surface area (TPSA) is 62.2 Å². The zero-order valence-electron chi connectivity index (χ0n) is 17.1. The number of hydrogen-bond acceptors (Lipinski definition) is 6. The molecule has 0 saturated carbocycles. The minimum atomic E-state index is -0.415. The molecule has 0 radical (unpaired) electrons. The first kappa shape index (κ1) is 21.0. The van der Waals surface area contributed by atoms with Crippen LogP contribution in [0.3, 0.4) is 0 Å². The molecule has 4 rings (SSSR count). The fraction of sp³-hybridized carbons (Fsp3) is 0.409. The van der Waals surface area contributed by atoms with Crippen LogP contribution in [0.1, 0.15) is 44.7 Å². The van der Waals surface area contributed by atoms with Crippen molar-refractivity contribution < 1.29 is 14.3 Å². The Balaban J connectivity index is 1.71. The number of likely N-dealkylation sites (tertiary alicyclic amines) is 1. The van der Waals surface area contributed by atoms with Crippen LogP contribution in [0.5, 0.6) is 0 Å². The average molecular weight is 446 g/mol. The number of amides is 1. The van der Waals surface area contributed by atoms with Crippen LogP contribution in [0.2, 0.25) is 5.02 Å². The van der Waals surface area contributed by atoms with Gasteiger partial charge in [0, 0.05) is 23.8 Å². The van der Waals surface area contributed by atoms with Crippen LogP contribution in [0.25, 0.3) is 0 Å². The molecule has 1 amide bonds. The van der Waals surface area contributed by atoms with Gasteiger partial charge in [-0.25, -0.2) is 9.79 Å². The Morgan fingerprint density at radius 1 is 1.23 bits per heavy atom. The van der Waals surface area contributed by atoms with Crippen molar-refractivity contribution in [1.82, 2.24) is 9.80 Å². The van der Waals surface area contributed by atoms with Crippen LogP contribution < -0.4 is 0 Å². The molecule has 0 spiro atoms. The molecule has 3 heterocycles. The quantitative estimate of drug-likeness (QED) is 0.625.